The summed E-state index contributed by atoms with van der Waals surface area (Å²) < 4.78 is 0. The van der Waals surface area contributed by atoms with Gasteiger partial charge in [-0.25, -0.2) is 0 Å². The van der Waals surface area contributed by atoms with Crippen LogP contribution in [0.15, 0.2) is 17.0 Å². The van der Waals surface area contributed by atoms with Gasteiger partial charge in [-0.2, -0.15) is 0 Å². The van der Waals surface area contributed by atoms with Gasteiger partial charge in [-0.15, -0.1) is 11.3 Å². The van der Waals surface area contributed by atoms with Crippen molar-refractivity contribution in [1.82, 2.24) is 0 Å². The Bertz CT molecular complexity index is 297. The molecule has 0 amide bonds. The Kier molecular flexibility index (Phi) is 3.23. The predicted octanol–water partition coefficient (Wildman–Crippen LogP) is 3.05. The van der Waals surface area contributed by atoms with Gasteiger partial charge in [0.25, 0.3) is 0 Å². The molecule has 2 heteroatoms. The van der Waals surface area contributed by atoms with Gasteiger partial charge >= 0.3 is 0 Å². The van der Waals surface area contributed by atoms with Crippen LogP contribution in [-0.4, -0.2) is 6.29 Å². The van der Waals surface area contributed by atoms with E-state index in [-0.39, 0.29) is 0 Å². The Balaban J connectivity index is 2.92. The minimum atomic E-state index is 0.804. The SMILES string of the molecule is CC/C(C=O)=C/c1ccsc1C. The number of aryl methyl sites for hydroxylation is 1. The highest BCUT2D eigenvalue weighted by atomic mass is 32.1. The van der Waals surface area contributed by atoms with Crippen molar-refractivity contribution in [3.63, 3.8) is 0 Å². The fraction of sp³-hybridized carbons (Fsp3) is 0.300. The van der Waals surface area contributed by atoms with Crippen LogP contribution in [0.25, 0.3) is 6.08 Å². The van der Waals surface area contributed by atoms with E-state index >= 15 is 0 Å². The Morgan fingerprint density at radius 3 is 2.83 bits per heavy atom. The molecule has 0 aromatic carbocycles. The summed E-state index contributed by atoms with van der Waals surface area (Å²) in [4.78, 5) is 11.8. The smallest absolute Gasteiger partial charge is 0.146 e. The lowest BCUT2D eigenvalue weighted by atomic mass is 10.1. The van der Waals surface area contributed by atoms with Crippen molar-refractivity contribution in [3.8, 4) is 0 Å². The van der Waals surface area contributed by atoms with Crippen LogP contribution in [0.2, 0.25) is 0 Å². The van der Waals surface area contributed by atoms with E-state index < -0.39 is 0 Å². The van der Waals surface area contributed by atoms with Gasteiger partial charge in [0, 0.05) is 4.88 Å². The maximum atomic E-state index is 10.5. The van der Waals surface area contributed by atoms with E-state index in [9.17, 15) is 4.79 Å². The molecule has 0 N–H and O–H groups in total. The number of aldehydes is 1. The number of carbonyl (C=O) groups is 1. The second-order valence-corrected chi connectivity index (χ2v) is 3.74. The van der Waals surface area contributed by atoms with Crippen LogP contribution in [0.3, 0.4) is 0 Å². The van der Waals surface area contributed by atoms with Gasteiger partial charge in [-0.1, -0.05) is 6.92 Å². The zero-order chi connectivity index (χ0) is 8.97. The first-order chi connectivity index (χ1) is 5.77. The lowest BCUT2D eigenvalue weighted by Gasteiger charge is -1.93. The van der Waals surface area contributed by atoms with Gasteiger partial charge in [0.1, 0.15) is 6.29 Å². The zero-order valence-corrected chi connectivity index (χ0v) is 8.15. The Hall–Kier alpha value is -0.890. The van der Waals surface area contributed by atoms with Crippen molar-refractivity contribution >= 4 is 23.7 Å². The van der Waals surface area contributed by atoms with Crippen molar-refractivity contribution in [2.75, 3.05) is 0 Å². The van der Waals surface area contributed by atoms with Crippen LogP contribution >= 0.6 is 11.3 Å². The van der Waals surface area contributed by atoms with E-state index in [1.54, 1.807) is 11.3 Å². The van der Waals surface area contributed by atoms with E-state index in [1.165, 1.54) is 10.4 Å². The van der Waals surface area contributed by atoms with Crippen molar-refractivity contribution in [3.05, 3.63) is 27.5 Å². The summed E-state index contributed by atoms with van der Waals surface area (Å²) in [7, 11) is 0. The molecule has 0 saturated heterocycles. The lowest BCUT2D eigenvalue weighted by Crippen LogP contribution is -1.81. The molecule has 0 aliphatic rings. The number of thiophene rings is 1. The predicted molar refractivity (Wildman–Crippen MR) is 53.4 cm³/mol. The fourth-order valence-corrected chi connectivity index (χ4v) is 1.65. The lowest BCUT2D eigenvalue weighted by molar-refractivity contribution is -0.104. The number of hydrogen-bond acceptors (Lipinski definition) is 2. The third-order valence-corrected chi connectivity index (χ3v) is 2.66. The molecule has 0 saturated carbocycles. The molecule has 1 nitrogen and oxygen atoms in total. The molecule has 1 aromatic heterocycles. The average molecular weight is 180 g/mol. The van der Waals surface area contributed by atoms with Crippen LogP contribution in [0.5, 0.6) is 0 Å². The van der Waals surface area contributed by atoms with Crippen LogP contribution in [0.4, 0.5) is 0 Å². The second kappa shape index (κ2) is 4.21. The van der Waals surface area contributed by atoms with Crippen LogP contribution in [-0.2, 0) is 4.79 Å². The first-order valence-corrected chi connectivity index (χ1v) is 4.85. The topological polar surface area (TPSA) is 17.1 Å². The molecule has 0 bridgehead atoms. The van der Waals surface area contributed by atoms with E-state index in [0.29, 0.717) is 0 Å². The largest absolute Gasteiger partial charge is 0.298 e. The Morgan fingerprint density at radius 2 is 2.42 bits per heavy atom. The monoisotopic (exact) mass is 180 g/mol. The van der Waals surface area contributed by atoms with Gasteiger partial charge in [0.05, 0.1) is 0 Å². The molecule has 1 aromatic rings. The van der Waals surface area contributed by atoms with Gasteiger partial charge in [0.2, 0.25) is 0 Å². The molecule has 0 atom stereocenters. The quantitative estimate of drug-likeness (QED) is 0.516. The highest BCUT2D eigenvalue weighted by Gasteiger charge is 1.97. The summed E-state index contributed by atoms with van der Waals surface area (Å²) in [6, 6.07) is 2.04. The minimum absolute atomic E-state index is 0.804. The number of allylic oxidation sites excluding steroid dienone is 1. The third kappa shape index (κ3) is 2.05. The molecule has 0 fully saturated rings. The van der Waals surface area contributed by atoms with Crippen molar-refractivity contribution in [2.45, 2.75) is 20.3 Å². The maximum Gasteiger partial charge on any atom is 0.146 e. The fourth-order valence-electron chi connectivity index (χ4n) is 0.964. The first-order valence-electron chi connectivity index (χ1n) is 3.97. The summed E-state index contributed by atoms with van der Waals surface area (Å²) in [6.45, 7) is 4.05. The summed E-state index contributed by atoms with van der Waals surface area (Å²) in [5.74, 6) is 0. The molecule has 0 radical (unpaired) electrons. The molecule has 64 valence electrons. The highest BCUT2D eigenvalue weighted by Crippen LogP contribution is 2.18. The van der Waals surface area contributed by atoms with Gasteiger partial charge < -0.3 is 0 Å². The number of rotatable bonds is 3. The highest BCUT2D eigenvalue weighted by molar-refractivity contribution is 7.10. The molecule has 12 heavy (non-hydrogen) atoms. The minimum Gasteiger partial charge on any atom is -0.298 e. The van der Waals surface area contributed by atoms with Gasteiger partial charge in [-0.3, -0.25) is 4.79 Å². The van der Waals surface area contributed by atoms with E-state index in [4.69, 9.17) is 0 Å². The molecular formula is C10H12OS. The molecule has 0 aliphatic heterocycles. The van der Waals surface area contributed by atoms with Crippen molar-refractivity contribution in [2.24, 2.45) is 0 Å². The number of carbonyl (C=O) groups excluding carboxylic acids is 1. The van der Waals surface area contributed by atoms with E-state index in [2.05, 4.69) is 6.92 Å². The van der Waals surface area contributed by atoms with E-state index in [0.717, 1.165) is 18.3 Å². The van der Waals surface area contributed by atoms with Crippen molar-refractivity contribution < 1.29 is 4.79 Å². The first kappa shape index (κ1) is 9.20. The summed E-state index contributed by atoms with van der Waals surface area (Å²) >= 11 is 1.71. The van der Waals surface area contributed by atoms with E-state index in [1.807, 2.05) is 24.4 Å². The van der Waals surface area contributed by atoms with Gasteiger partial charge in [0.15, 0.2) is 0 Å². The summed E-state index contributed by atoms with van der Waals surface area (Å²) in [5, 5.41) is 2.04. The Labute approximate surface area is 76.7 Å². The molecule has 0 spiro atoms. The van der Waals surface area contributed by atoms with Crippen LogP contribution in [0.1, 0.15) is 23.8 Å². The molecule has 1 rings (SSSR count). The summed E-state index contributed by atoms with van der Waals surface area (Å²) in [6.07, 6.45) is 3.69. The average Bonchev–Trinajstić information content (AvgIpc) is 2.47. The standard InChI is InChI=1S/C10H12OS/c1-3-9(7-11)6-10-4-5-12-8(10)2/h4-7H,3H2,1-2H3/b9-6-. The van der Waals surface area contributed by atoms with Crippen LogP contribution in [0, 0.1) is 6.92 Å². The zero-order valence-electron chi connectivity index (χ0n) is 7.33. The summed E-state index contributed by atoms with van der Waals surface area (Å²) in [5.41, 5.74) is 2.03. The second-order valence-electron chi connectivity index (χ2n) is 2.62. The molecule has 1 heterocycles. The maximum absolute atomic E-state index is 10.5. The molecular weight excluding hydrogens is 168 g/mol. The molecule has 0 unspecified atom stereocenters. The van der Waals surface area contributed by atoms with Gasteiger partial charge in [-0.05, 0) is 42.0 Å². The number of hydrogen-bond donors (Lipinski definition) is 0. The van der Waals surface area contributed by atoms with Crippen molar-refractivity contribution in [1.29, 1.82) is 0 Å². The van der Waals surface area contributed by atoms with Crippen LogP contribution < -0.4 is 0 Å². The molecule has 0 aliphatic carbocycles. The third-order valence-electron chi connectivity index (χ3n) is 1.80. The Morgan fingerprint density at radius 1 is 1.67 bits per heavy atom. The normalized spacial score (nSPS) is 11.7.